The number of piperidine rings is 1. The minimum atomic E-state index is 0.794. The first kappa shape index (κ1) is 16.1. The van der Waals surface area contributed by atoms with Crippen LogP contribution in [0, 0.1) is 0 Å². The van der Waals surface area contributed by atoms with Crippen molar-refractivity contribution >= 4 is 11.8 Å². The van der Waals surface area contributed by atoms with Crippen molar-refractivity contribution in [2.75, 3.05) is 37.7 Å². The van der Waals surface area contributed by atoms with Crippen LogP contribution in [-0.2, 0) is 6.54 Å². The summed E-state index contributed by atoms with van der Waals surface area (Å²) in [6.45, 7) is 5.82. The molecule has 0 saturated carbocycles. The molecule has 128 valence electrons. The van der Waals surface area contributed by atoms with E-state index in [4.69, 9.17) is 0 Å². The van der Waals surface area contributed by atoms with E-state index in [1.165, 1.54) is 50.5 Å². The maximum Gasteiger partial charge on any atom is 0.0971 e. The molecule has 2 saturated heterocycles. The van der Waals surface area contributed by atoms with Crippen molar-refractivity contribution in [3.8, 4) is 5.69 Å². The summed E-state index contributed by atoms with van der Waals surface area (Å²) in [6, 6.07) is 11.0. The minimum absolute atomic E-state index is 0.794. The van der Waals surface area contributed by atoms with Gasteiger partial charge in [-0.1, -0.05) is 23.4 Å². The third-order valence-electron chi connectivity index (χ3n) is 5.07. The number of likely N-dealkylation sites (tertiary alicyclic amines) is 1. The molecule has 2 aliphatic heterocycles. The fourth-order valence-electron chi connectivity index (χ4n) is 3.69. The second kappa shape index (κ2) is 7.68. The molecule has 0 unspecified atom stereocenters. The van der Waals surface area contributed by atoms with Crippen LogP contribution in [0.25, 0.3) is 5.69 Å². The third kappa shape index (κ3) is 3.82. The van der Waals surface area contributed by atoms with Gasteiger partial charge in [-0.2, -0.15) is 11.8 Å². The summed E-state index contributed by atoms with van der Waals surface area (Å²) >= 11 is 2.10. The molecule has 2 aliphatic rings. The Hall–Kier alpha value is -1.37. The summed E-state index contributed by atoms with van der Waals surface area (Å²) < 4.78 is 1.87. The Morgan fingerprint density at radius 2 is 1.75 bits per heavy atom. The molecule has 0 spiro atoms. The van der Waals surface area contributed by atoms with Crippen LogP contribution in [0.15, 0.2) is 36.5 Å². The molecule has 0 atom stereocenters. The molecule has 4 rings (SSSR count). The highest BCUT2D eigenvalue weighted by Crippen LogP contribution is 2.21. The van der Waals surface area contributed by atoms with Gasteiger partial charge in [0.1, 0.15) is 0 Å². The van der Waals surface area contributed by atoms with E-state index in [1.807, 2.05) is 22.9 Å². The van der Waals surface area contributed by atoms with Gasteiger partial charge in [-0.25, -0.2) is 4.68 Å². The molecule has 2 fully saturated rings. The first-order valence-electron chi connectivity index (χ1n) is 8.89. The van der Waals surface area contributed by atoms with Crippen molar-refractivity contribution in [2.45, 2.75) is 25.4 Å². The lowest BCUT2D eigenvalue weighted by atomic mass is 10.0. The van der Waals surface area contributed by atoms with E-state index in [1.54, 1.807) is 0 Å². The van der Waals surface area contributed by atoms with Crippen molar-refractivity contribution in [3.63, 3.8) is 0 Å². The smallest absolute Gasteiger partial charge is 0.0971 e. The maximum absolute atomic E-state index is 4.35. The molecule has 0 bridgehead atoms. The van der Waals surface area contributed by atoms with Gasteiger partial charge in [0, 0.05) is 50.3 Å². The lowest BCUT2D eigenvalue weighted by Gasteiger charge is -2.39. The Bertz CT molecular complexity index is 630. The SMILES string of the molecule is c1ccc(-n2cc(CN3CCC(N4CCSCC4)CC3)nn2)cc1. The number of benzene rings is 1. The maximum atomic E-state index is 4.35. The Labute approximate surface area is 148 Å². The lowest BCUT2D eigenvalue weighted by Crippen LogP contribution is -2.47. The monoisotopic (exact) mass is 343 g/mol. The molecule has 2 aromatic rings. The van der Waals surface area contributed by atoms with Gasteiger partial charge in [0.05, 0.1) is 17.6 Å². The summed E-state index contributed by atoms with van der Waals surface area (Å²) in [5.41, 5.74) is 2.13. The van der Waals surface area contributed by atoms with Crippen LogP contribution in [0.1, 0.15) is 18.5 Å². The predicted octanol–water partition coefficient (Wildman–Crippen LogP) is 2.28. The number of para-hydroxylation sites is 1. The molecule has 24 heavy (non-hydrogen) atoms. The van der Waals surface area contributed by atoms with E-state index in [0.717, 1.165) is 24.0 Å². The lowest BCUT2D eigenvalue weighted by molar-refractivity contribution is 0.111. The van der Waals surface area contributed by atoms with Crippen LogP contribution in [0.5, 0.6) is 0 Å². The molecule has 0 aliphatic carbocycles. The van der Waals surface area contributed by atoms with E-state index in [0.29, 0.717) is 0 Å². The van der Waals surface area contributed by atoms with Crippen molar-refractivity contribution in [1.29, 1.82) is 0 Å². The summed E-state index contributed by atoms with van der Waals surface area (Å²) in [7, 11) is 0. The van der Waals surface area contributed by atoms with Crippen LogP contribution in [-0.4, -0.2) is 68.5 Å². The van der Waals surface area contributed by atoms with Gasteiger partial charge in [-0.3, -0.25) is 9.80 Å². The van der Waals surface area contributed by atoms with Gasteiger partial charge >= 0.3 is 0 Å². The number of rotatable bonds is 4. The summed E-state index contributed by atoms with van der Waals surface area (Å²) in [6.07, 6.45) is 4.64. The molecule has 0 radical (unpaired) electrons. The average Bonchev–Trinajstić information content (AvgIpc) is 3.12. The van der Waals surface area contributed by atoms with E-state index >= 15 is 0 Å². The Kier molecular flexibility index (Phi) is 5.16. The molecule has 6 heteroatoms. The predicted molar refractivity (Wildman–Crippen MR) is 98.6 cm³/mol. The highest BCUT2D eigenvalue weighted by atomic mass is 32.2. The topological polar surface area (TPSA) is 37.2 Å². The second-order valence-corrected chi connectivity index (χ2v) is 7.87. The quantitative estimate of drug-likeness (QED) is 0.851. The molecule has 1 aromatic heterocycles. The standard InChI is InChI=1S/C18H25N5S/c1-2-4-18(5-3-1)23-15-16(19-20-23)14-21-8-6-17(7-9-21)22-10-12-24-13-11-22/h1-5,15,17H,6-14H2. The van der Waals surface area contributed by atoms with E-state index in [-0.39, 0.29) is 0 Å². The Balaban J connectivity index is 1.30. The number of nitrogens with zero attached hydrogens (tertiary/aromatic N) is 5. The number of thioether (sulfide) groups is 1. The third-order valence-corrected chi connectivity index (χ3v) is 6.01. The largest absolute Gasteiger partial charge is 0.299 e. The molecule has 1 aromatic carbocycles. The van der Waals surface area contributed by atoms with Crippen LogP contribution in [0.2, 0.25) is 0 Å². The first-order valence-corrected chi connectivity index (χ1v) is 10.0. The fraction of sp³-hybridized carbons (Fsp3) is 0.556. The van der Waals surface area contributed by atoms with Crippen molar-refractivity contribution in [2.24, 2.45) is 0 Å². The van der Waals surface area contributed by atoms with Crippen molar-refractivity contribution in [3.05, 3.63) is 42.2 Å². The molecule has 5 nitrogen and oxygen atoms in total. The van der Waals surface area contributed by atoms with Crippen LogP contribution >= 0.6 is 11.8 Å². The van der Waals surface area contributed by atoms with E-state index < -0.39 is 0 Å². The molecule has 0 amide bonds. The van der Waals surface area contributed by atoms with Gasteiger partial charge in [0.2, 0.25) is 0 Å². The summed E-state index contributed by atoms with van der Waals surface area (Å²) in [5, 5.41) is 8.62. The van der Waals surface area contributed by atoms with Crippen LogP contribution in [0.4, 0.5) is 0 Å². The Morgan fingerprint density at radius 1 is 1.00 bits per heavy atom. The molecule has 3 heterocycles. The van der Waals surface area contributed by atoms with Gasteiger partial charge in [-0.15, -0.1) is 5.10 Å². The van der Waals surface area contributed by atoms with Crippen LogP contribution < -0.4 is 0 Å². The number of hydrogen-bond acceptors (Lipinski definition) is 5. The number of aromatic nitrogens is 3. The minimum Gasteiger partial charge on any atom is -0.299 e. The molecular weight excluding hydrogens is 318 g/mol. The Morgan fingerprint density at radius 3 is 2.50 bits per heavy atom. The fourth-order valence-corrected chi connectivity index (χ4v) is 4.62. The zero-order chi connectivity index (χ0) is 16.2. The summed E-state index contributed by atoms with van der Waals surface area (Å²) in [4.78, 5) is 5.23. The molecule has 0 N–H and O–H groups in total. The van der Waals surface area contributed by atoms with Gasteiger partial charge in [0.15, 0.2) is 0 Å². The highest BCUT2D eigenvalue weighted by Gasteiger charge is 2.25. The molecular formula is C18H25N5S. The highest BCUT2D eigenvalue weighted by molar-refractivity contribution is 7.99. The average molecular weight is 344 g/mol. The second-order valence-electron chi connectivity index (χ2n) is 6.65. The zero-order valence-corrected chi connectivity index (χ0v) is 14.9. The van der Waals surface area contributed by atoms with Crippen molar-refractivity contribution < 1.29 is 0 Å². The zero-order valence-electron chi connectivity index (χ0n) is 14.0. The summed E-state index contributed by atoms with van der Waals surface area (Å²) in [5.74, 6) is 2.62. The van der Waals surface area contributed by atoms with E-state index in [2.05, 4.69) is 50.2 Å². The van der Waals surface area contributed by atoms with Crippen molar-refractivity contribution in [1.82, 2.24) is 24.8 Å². The van der Waals surface area contributed by atoms with Crippen LogP contribution in [0.3, 0.4) is 0 Å². The van der Waals surface area contributed by atoms with Gasteiger partial charge < -0.3 is 0 Å². The van der Waals surface area contributed by atoms with E-state index in [9.17, 15) is 0 Å². The van der Waals surface area contributed by atoms with Gasteiger partial charge in [-0.05, 0) is 25.0 Å². The number of hydrogen-bond donors (Lipinski definition) is 0. The van der Waals surface area contributed by atoms with Gasteiger partial charge in [0.25, 0.3) is 0 Å². The first-order chi connectivity index (χ1) is 11.9. The normalized spacial score (nSPS) is 21.2.